The molecule has 0 spiro atoms. The second-order valence-corrected chi connectivity index (χ2v) is 3.92. The lowest BCUT2D eigenvalue weighted by molar-refractivity contribution is -0.121. The first-order chi connectivity index (χ1) is 8.15. The fraction of sp³-hybridized carbons (Fsp3) is 0.357. The van der Waals surface area contributed by atoms with Crippen LogP contribution in [-0.2, 0) is 11.2 Å². The molecule has 1 aromatic carbocycles. The molecule has 1 rings (SSSR count). The molecule has 2 N–H and O–H groups in total. The lowest BCUT2D eigenvalue weighted by atomic mass is 10.1. The number of hydrogen-bond donors (Lipinski definition) is 2. The van der Waals surface area contributed by atoms with Crippen LogP contribution >= 0.6 is 0 Å². The maximum Gasteiger partial charge on any atom is 0.224 e. The summed E-state index contributed by atoms with van der Waals surface area (Å²) in [4.78, 5) is 11.7. The molecule has 0 saturated heterocycles. The van der Waals surface area contributed by atoms with Crippen molar-refractivity contribution in [3.05, 3.63) is 29.8 Å². The van der Waals surface area contributed by atoms with E-state index in [4.69, 9.17) is 11.5 Å². The zero-order valence-corrected chi connectivity index (χ0v) is 9.94. The van der Waals surface area contributed by atoms with E-state index in [1.54, 1.807) is 24.3 Å². The van der Waals surface area contributed by atoms with Gasteiger partial charge in [-0.1, -0.05) is 19.1 Å². The van der Waals surface area contributed by atoms with E-state index in [1.165, 1.54) is 0 Å². The molecule has 0 aliphatic heterocycles. The van der Waals surface area contributed by atoms with Crippen molar-refractivity contribution in [2.75, 3.05) is 0 Å². The minimum Gasteiger partial charge on any atom is -0.508 e. The highest BCUT2D eigenvalue weighted by Crippen LogP contribution is 2.10. The average molecular weight is 231 g/mol. The van der Waals surface area contributed by atoms with Crippen LogP contribution in [0.25, 0.3) is 0 Å². The van der Waals surface area contributed by atoms with Crippen LogP contribution in [0.2, 0.25) is 0 Å². The van der Waals surface area contributed by atoms with Crippen LogP contribution in [0, 0.1) is 12.3 Å². The molecule has 1 atom stereocenters. The van der Waals surface area contributed by atoms with Crippen molar-refractivity contribution >= 4 is 5.91 Å². The average Bonchev–Trinajstić information content (AvgIpc) is 2.31. The fourth-order valence-corrected chi connectivity index (χ4v) is 1.52. The lowest BCUT2D eigenvalue weighted by Crippen LogP contribution is -2.35. The zero-order valence-electron chi connectivity index (χ0n) is 9.94. The Morgan fingerprint density at radius 2 is 2.12 bits per heavy atom. The van der Waals surface area contributed by atoms with E-state index >= 15 is 0 Å². The highest BCUT2D eigenvalue weighted by Gasteiger charge is 2.09. The van der Waals surface area contributed by atoms with Gasteiger partial charge in [-0.2, -0.15) is 0 Å². The van der Waals surface area contributed by atoms with E-state index in [1.807, 2.05) is 6.92 Å². The topological polar surface area (TPSA) is 49.3 Å². The molecule has 0 aliphatic carbocycles. The number of carbonyl (C=O) groups is 1. The van der Waals surface area contributed by atoms with E-state index in [9.17, 15) is 4.79 Å². The maximum atomic E-state index is 11.7. The highest BCUT2D eigenvalue weighted by atomic mass is 16.3. The number of aromatic hydroxyl groups is 1. The minimum absolute atomic E-state index is 0.0437. The quantitative estimate of drug-likeness (QED) is 0.760. The Kier molecular flexibility index (Phi) is 5.09. The maximum absolute atomic E-state index is 11.7. The molecule has 1 amide bonds. The third kappa shape index (κ3) is 4.60. The van der Waals surface area contributed by atoms with Gasteiger partial charge in [-0.15, -0.1) is 12.3 Å². The smallest absolute Gasteiger partial charge is 0.224 e. The van der Waals surface area contributed by atoms with Crippen LogP contribution < -0.4 is 5.32 Å². The van der Waals surface area contributed by atoms with Gasteiger partial charge in [-0.25, -0.2) is 0 Å². The van der Waals surface area contributed by atoms with Crippen molar-refractivity contribution in [3.63, 3.8) is 0 Å². The number of terminal acetylenes is 1. The first kappa shape index (κ1) is 13.1. The zero-order chi connectivity index (χ0) is 12.7. The lowest BCUT2D eigenvalue weighted by Gasteiger charge is -2.14. The molecule has 0 radical (unpaired) electrons. The number of benzene rings is 1. The van der Waals surface area contributed by atoms with Gasteiger partial charge >= 0.3 is 0 Å². The van der Waals surface area contributed by atoms with Gasteiger partial charge in [0.15, 0.2) is 0 Å². The van der Waals surface area contributed by atoms with Gasteiger partial charge in [0.05, 0.1) is 6.42 Å². The Balaban J connectivity index is 2.49. The molecule has 3 heteroatoms. The van der Waals surface area contributed by atoms with Crippen LogP contribution in [0.1, 0.15) is 25.3 Å². The number of phenolic OH excluding ortho intramolecular Hbond substituents is 1. The Morgan fingerprint density at radius 1 is 1.47 bits per heavy atom. The van der Waals surface area contributed by atoms with Gasteiger partial charge in [-0.05, 0) is 24.1 Å². The molecule has 3 nitrogen and oxygen atoms in total. The normalized spacial score (nSPS) is 11.5. The molecule has 0 heterocycles. The first-order valence-electron chi connectivity index (χ1n) is 5.66. The SMILES string of the molecule is C#CCC(CC)NC(=O)Cc1ccc(O)cc1. The summed E-state index contributed by atoms with van der Waals surface area (Å²) in [7, 11) is 0. The Hall–Kier alpha value is -1.95. The number of phenols is 1. The largest absolute Gasteiger partial charge is 0.508 e. The fourth-order valence-electron chi connectivity index (χ4n) is 1.52. The number of carbonyl (C=O) groups excluding carboxylic acids is 1. The molecule has 0 fully saturated rings. The second kappa shape index (κ2) is 6.59. The molecule has 0 bridgehead atoms. The van der Waals surface area contributed by atoms with Crippen molar-refractivity contribution in [2.24, 2.45) is 0 Å². The van der Waals surface area contributed by atoms with Crippen molar-refractivity contribution in [2.45, 2.75) is 32.2 Å². The van der Waals surface area contributed by atoms with Gasteiger partial charge in [0, 0.05) is 12.5 Å². The first-order valence-corrected chi connectivity index (χ1v) is 5.66. The van der Waals surface area contributed by atoms with Crippen LogP contribution in [0.3, 0.4) is 0 Å². The van der Waals surface area contributed by atoms with Gasteiger partial charge in [0.2, 0.25) is 5.91 Å². The van der Waals surface area contributed by atoms with E-state index in [0.29, 0.717) is 12.8 Å². The Bertz CT molecular complexity index is 403. The van der Waals surface area contributed by atoms with Gasteiger partial charge in [-0.3, -0.25) is 4.79 Å². The molecule has 1 unspecified atom stereocenters. The van der Waals surface area contributed by atoms with Crippen LogP contribution in [-0.4, -0.2) is 17.1 Å². The summed E-state index contributed by atoms with van der Waals surface area (Å²) >= 11 is 0. The monoisotopic (exact) mass is 231 g/mol. The van der Waals surface area contributed by atoms with Gasteiger partial charge in [0.1, 0.15) is 5.75 Å². The van der Waals surface area contributed by atoms with Crippen LogP contribution in [0.4, 0.5) is 0 Å². The number of nitrogens with one attached hydrogen (secondary N) is 1. The Morgan fingerprint density at radius 3 is 2.65 bits per heavy atom. The molecule has 0 saturated carbocycles. The predicted octanol–water partition coefficient (Wildman–Crippen LogP) is 1.85. The second-order valence-electron chi connectivity index (χ2n) is 3.92. The van der Waals surface area contributed by atoms with E-state index in [0.717, 1.165) is 12.0 Å². The molecular formula is C14H17NO2. The van der Waals surface area contributed by atoms with Gasteiger partial charge < -0.3 is 10.4 Å². The van der Waals surface area contributed by atoms with Crippen molar-refractivity contribution < 1.29 is 9.90 Å². The summed E-state index contributed by atoms with van der Waals surface area (Å²) in [6.07, 6.45) is 6.91. The minimum atomic E-state index is -0.0437. The van der Waals surface area contributed by atoms with Crippen molar-refractivity contribution in [1.82, 2.24) is 5.32 Å². The number of hydrogen-bond acceptors (Lipinski definition) is 2. The summed E-state index contributed by atoms with van der Waals surface area (Å²) in [5, 5.41) is 12.0. The third-order valence-electron chi connectivity index (χ3n) is 2.52. The number of amides is 1. The predicted molar refractivity (Wildman–Crippen MR) is 67.5 cm³/mol. The molecule has 90 valence electrons. The van der Waals surface area contributed by atoms with Crippen molar-refractivity contribution in [3.8, 4) is 18.1 Å². The summed E-state index contributed by atoms with van der Waals surface area (Å²) in [6, 6.07) is 6.65. The summed E-state index contributed by atoms with van der Waals surface area (Å²) < 4.78 is 0. The molecule has 1 aromatic rings. The number of rotatable bonds is 5. The summed E-state index contributed by atoms with van der Waals surface area (Å²) in [6.45, 7) is 1.99. The van der Waals surface area contributed by atoms with Crippen molar-refractivity contribution in [1.29, 1.82) is 0 Å². The standard InChI is InChI=1S/C14H17NO2/c1-3-5-12(4-2)15-14(17)10-11-6-8-13(16)9-7-11/h1,6-9,12,16H,4-5,10H2,2H3,(H,15,17). The van der Waals surface area contributed by atoms with Crippen LogP contribution in [0.5, 0.6) is 5.75 Å². The van der Waals surface area contributed by atoms with E-state index in [2.05, 4.69) is 11.2 Å². The Labute approximate surface area is 102 Å². The summed E-state index contributed by atoms with van der Waals surface area (Å²) in [5.74, 6) is 2.71. The molecule has 17 heavy (non-hydrogen) atoms. The molecular weight excluding hydrogens is 214 g/mol. The van der Waals surface area contributed by atoms with Crippen LogP contribution in [0.15, 0.2) is 24.3 Å². The molecule has 0 aliphatic rings. The van der Waals surface area contributed by atoms with E-state index in [-0.39, 0.29) is 17.7 Å². The van der Waals surface area contributed by atoms with Gasteiger partial charge in [0.25, 0.3) is 0 Å². The highest BCUT2D eigenvalue weighted by molar-refractivity contribution is 5.78. The van der Waals surface area contributed by atoms with E-state index < -0.39 is 0 Å². The molecule has 0 aromatic heterocycles. The summed E-state index contributed by atoms with van der Waals surface area (Å²) in [5.41, 5.74) is 0.871. The third-order valence-corrected chi connectivity index (χ3v) is 2.52.